The van der Waals surface area contributed by atoms with Gasteiger partial charge >= 0.3 is 0 Å². The summed E-state index contributed by atoms with van der Waals surface area (Å²) in [4.78, 5) is 12.8. The number of nitrogens with one attached hydrogen (secondary N) is 2. The van der Waals surface area contributed by atoms with E-state index in [2.05, 4.69) is 16.1 Å². The van der Waals surface area contributed by atoms with E-state index >= 15 is 0 Å². The number of fused-ring (bicyclic) bond motifs is 1. The molecule has 1 aliphatic carbocycles. The van der Waals surface area contributed by atoms with E-state index in [-0.39, 0.29) is 16.1 Å². The van der Waals surface area contributed by atoms with Crippen molar-refractivity contribution in [2.24, 2.45) is 0 Å². The first-order valence-corrected chi connectivity index (χ1v) is 10.6. The summed E-state index contributed by atoms with van der Waals surface area (Å²) in [7, 11) is -3.56. The lowest BCUT2D eigenvalue weighted by atomic mass is 9.97. The largest absolute Gasteiger partial charge is 0.324 e. The molecule has 1 heterocycles. The van der Waals surface area contributed by atoms with Crippen LogP contribution in [0.15, 0.2) is 39.6 Å². The van der Waals surface area contributed by atoms with Crippen LogP contribution in [0.1, 0.15) is 39.0 Å². The summed E-state index contributed by atoms with van der Waals surface area (Å²) in [6.45, 7) is 2.23. The van der Waals surface area contributed by atoms with Crippen molar-refractivity contribution in [2.45, 2.75) is 54.1 Å². The van der Waals surface area contributed by atoms with Crippen LogP contribution in [0, 0.1) is 0 Å². The number of amides is 1. The number of allylic oxidation sites excluding steroid dienone is 1. The van der Waals surface area contributed by atoms with Crippen molar-refractivity contribution in [3.63, 3.8) is 0 Å². The molecule has 0 saturated carbocycles. The van der Waals surface area contributed by atoms with Crippen molar-refractivity contribution in [1.29, 1.82) is 0 Å². The highest BCUT2D eigenvalue weighted by Gasteiger charge is 2.25. The minimum Gasteiger partial charge on any atom is -0.324 e. The lowest BCUT2D eigenvalue weighted by molar-refractivity contribution is -0.115. The molecule has 0 radical (unpaired) electrons. The molecule has 2 N–H and O–H groups in total. The minimum atomic E-state index is -3.56. The molecule has 0 aromatic heterocycles. The van der Waals surface area contributed by atoms with Crippen molar-refractivity contribution >= 4 is 33.4 Å². The smallest absolute Gasteiger partial charge is 0.240 e. The van der Waals surface area contributed by atoms with Crippen molar-refractivity contribution in [2.75, 3.05) is 11.9 Å². The average molecular weight is 367 g/mol. The number of sulfonamides is 1. The highest BCUT2D eigenvalue weighted by atomic mass is 32.2. The zero-order chi connectivity index (χ0) is 17.2. The van der Waals surface area contributed by atoms with Crippen molar-refractivity contribution in [1.82, 2.24) is 4.72 Å². The molecule has 1 atom stereocenters. The van der Waals surface area contributed by atoms with Gasteiger partial charge in [0, 0.05) is 11.4 Å². The first-order valence-electron chi connectivity index (χ1n) is 8.25. The molecule has 5 nitrogen and oxygen atoms in total. The quantitative estimate of drug-likeness (QED) is 0.784. The van der Waals surface area contributed by atoms with Crippen LogP contribution < -0.4 is 10.0 Å². The third kappa shape index (κ3) is 4.02. The number of rotatable bonds is 5. The normalized spacial score (nSPS) is 21.0. The van der Waals surface area contributed by atoms with E-state index in [1.165, 1.54) is 36.2 Å². The molecule has 1 aromatic rings. The molecular formula is C17H22N2O3S2. The lowest BCUT2D eigenvalue weighted by Gasteiger charge is -2.22. The van der Waals surface area contributed by atoms with E-state index in [1.807, 2.05) is 6.92 Å². The monoisotopic (exact) mass is 366 g/mol. The van der Waals surface area contributed by atoms with Gasteiger partial charge in [0.25, 0.3) is 0 Å². The van der Waals surface area contributed by atoms with Crippen LogP contribution in [0.25, 0.3) is 0 Å². The summed E-state index contributed by atoms with van der Waals surface area (Å²) in [5.41, 5.74) is 1.91. The molecule has 0 fully saturated rings. The number of benzene rings is 1. The fourth-order valence-corrected chi connectivity index (χ4v) is 4.90. The summed E-state index contributed by atoms with van der Waals surface area (Å²) < 4.78 is 27.6. The molecule has 0 saturated heterocycles. The zero-order valence-corrected chi connectivity index (χ0v) is 15.3. The van der Waals surface area contributed by atoms with Crippen LogP contribution in [0.3, 0.4) is 0 Å². The number of hydrogen-bond donors (Lipinski definition) is 2. The van der Waals surface area contributed by atoms with Crippen molar-refractivity contribution in [3.05, 3.63) is 29.8 Å². The Hall–Kier alpha value is -1.31. The number of carbonyl (C=O) groups is 1. The fourth-order valence-electron chi connectivity index (χ4n) is 2.92. The molecule has 1 aromatic carbocycles. The summed E-state index contributed by atoms with van der Waals surface area (Å²) in [5.74, 6) is -0.0979. The second-order valence-corrected chi connectivity index (χ2v) is 9.31. The molecule has 1 aliphatic heterocycles. The minimum absolute atomic E-state index is 0.0979. The van der Waals surface area contributed by atoms with Gasteiger partial charge in [0.05, 0.1) is 15.8 Å². The Bertz CT molecular complexity index is 772. The van der Waals surface area contributed by atoms with E-state index in [4.69, 9.17) is 0 Å². The standard InChI is InChI=1S/C17H22N2O3S2/c1-12-17(20)19-15-11-14(7-8-16(15)23-12)24(21,22)18-10-9-13-5-3-2-4-6-13/h5,7-8,11-12,18H,2-4,6,9-10H2,1H3,(H,19,20)/t12-/m1/s1. The number of hydrogen-bond acceptors (Lipinski definition) is 4. The van der Waals surface area contributed by atoms with Crippen LogP contribution >= 0.6 is 11.8 Å². The average Bonchev–Trinajstić information content (AvgIpc) is 2.56. The predicted octanol–water partition coefficient (Wildman–Crippen LogP) is 3.29. The first kappa shape index (κ1) is 17.5. The molecular weight excluding hydrogens is 344 g/mol. The zero-order valence-electron chi connectivity index (χ0n) is 13.7. The van der Waals surface area contributed by atoms with Crippen LogP contribution in [-0.2, 0) is 14.8 Å². The second-order valence-electron chi connectivity index (χ2n) is 6.16. The Morgan fingerprint density at radius 2 is 2.17 bits per heavy atom. The van der Waals surface area contributed by atoms with E-state index in [1.54, 1.807) is 12.1 Å². The van der Waals surface area contributed by atoms with Gasteiger partial charge in [-0.05, 0) is 57.2 Å². The van der Waals surface area contributed by atoms with Gasteiger partial charge < -0.3 is 5.32 Å². The van der Waals surface area contributed by atoms with Gasteiger partial charge in [-0.15, -0.1) is 11.8 Å². The molecule has 1 amide bonds. The van der Waals surface area contributed by atoms with E-state index in [0.29, 0.717) is 12.2 Å². The summed E-state index contributed by atoms with van der Waals surface area (Å²) in [6, 6.07) is 4.89. The molecule has 0 unspecified atom stereocenters. The van der Waals surface area contributed by atoms with Gasteiger partial charge in [0.15, 0.2) is 0 Å². The Morgan fingerprint density at radius 1 is 1.33 bits per heavy atom. The highest BCUT2D eigenvalue weighted by molar-refractivity contribution is 8.01. The maximum Gasteiger partial charge on any atom is 0.240 e. The molecule has 24 heavy (non-hydrogen) atoms. The van der Waals surface area contributed by atoms with Gasteiger partial charge in [0.2, 0.25) is 15.9 Å². The highest BCUT2D eigenvalue weighted by Crippen LogP contribution is 2.36. The lowest BCUT2D eigenvalue weighted by Crippen LogP contribution is -2.28. The van der Waals surface area contributed by atoms with Gasteiger partial charge in [-0.2, -0.15) is 0 Å². The molecule has 3 rings (SSSR count). The van der Waals surface area contributed by atoms with E-state index in [9.17, 15) is 13.2 Å². The van der Waals surface area contributed by atoms with Crippen LogP contribution in [0.2, 0.25) is 0 Å². The molecule has 0 spiro atoms. The van der Waals surface area contributed by atoms with Crippen molar-refractivity contribution < 1.29 is 13.2 Å². The fraction of sp³-hybridized carbons (Fsp3) is 0.471. The first-order chi connectivity index (χ1) is 11.5. The molecule has 7 heteroatoms. The maximum atomic E-state index is 12.5. The third-order valence-electron chi connectivity index (χ3n) is 4.32. The Kier molecular flexibility index (Phi) is 5.32. The molecule has 0 bridgehead atoms. The SMILES string of the molecule is C[C@H]1Sc2ccc(S(=O)(=O)NCCC3=CCCCC3)cc2NC1=O. The summed E-state index contributed by atoms with van der Waals surface area (Å²) in [6.07, 6.45) is 7.58. The third-order valence-corrected chi connectivity index (χ3v) is 6.95. The van der Waals surface area contributed by atoms with Gasteiger partial charge in [-0.3, -0.25) is 4.79 Å². The van der Waals surface area contributed by atoms with Crippen molar-refractivity contribution in [3.8, 4) is 0 Å². The Balaban J connectivity index is 1.67. The number of carbonyl (C=O) groups excluding carboxylic acids is 1. The summed E-state index contributed by atoms with van der Waals surface area (Å²) >= 11 is 1.44. The Labute approximate surface area is 147 Å². The van der Waals surface area contributed by atoms with E-state index < -0.39 is 10.0 Å². The topological polar surface area (TPSA) is 75.3 Å². The molecule has 2 aliphatic rings. The Morgan fingerprint density at radius 3 is 2.92 bits per heavy atom. The molecule has 130 valence electrons. The van der Waals surface area contributed by atoms with Crippen LogP contribution in [0.5, 0.6) is 0 Å². The van der Waals surface area contributed by atoms with Gasteiger partial charge in [-0.25, -0.2) is 13.1 Å². The van der Waals surface area contributed by atoms with Gasteiger partial charge in [-0.1, -0.05) is 11.6 Å². The van der Waals surface area contributed by atoms with E-state index in [0.717, 1.165) is 24.2 Å². The number of thioether (sulfide) groups is 1. The summed E-state index contributed by atoms with van der Waals surface area (Å²) in [5, 5.41) is 2.60. The second kappa shape index (κ2) is 7.29. The van der Waals surface area contributed by atoms with Crippen LogP contribution in [-0.4, -0.2) is 26.1 Å². The maximum absolute atomic E-state index is 12.5. The van der Waals surface area contributed by atoms with Gasteiger partial charge in [0.1, 0.15) is 0 Å². The number of anilines is 1. The van der Waals surface area contributed by atoms with Crippen LogP contribution in [0.4, 0.5) is 5.69 Å². The predicted molar refractivity (Wildman–Crippen MR) is 96.7 cm³/mol.